The van der Waals surface area contributed by atoms with Crippen molar-refractivity contribution in [3.63, 3.8) is 0 Å². The zero-order chi connectivity index (χ0) is 10.7. The van der Waals surface area contributed by atoms with Crippen LogP contribution in [0.2, 0.25) is 0 Å². The van der Waals surface area contributed by atoms with E-state index in [0.29, 0.717) is 11.8 Å². The monoisotopic (exact) mass is 199 g/mol. The van der Waals surface area contributed by atoms with Crippen molar-refractivity contribution < 1.29 is 9.53 Å². The third-order valence-corrected chi connectivity index (χ3v) is 2.77. The van der Waals surface area contributed by atoms with Crippen LogP contribution >= 0.6 is 0 Å². The fraction of sp³-hybridized carbons (Fsp3) is 0.909. The maximum atomic E-state index is 11.3. The highest BCUT2D eigenvalue weighted by molar-refractivity contribution is 5.66. The number of amides is 1. The van der Waals surface area contributed by atoms with Crippen molar-refractivity contribution in [2.75, 3.05) is 14.1 Å². The minimum atomic E-state index is -0.212. The Bertz CT molecular complexity index is 193. The molecule has 0 N–H and O–H groups in total. The molecule has 0 spiro atoms. The van der Waals surface area contributed by atoms with Gasteiger partial charge >= 0.3 is 6.09 Å². The normalized spacial score (nSPS) is 32.4. The van der Waals surface area contributed by atoms with Gasteiger partial charge in [-0.25, -0.2) is 4.79 Å². The van der Waals surface area contributed by atoms with Gasteiger partial charge in [-0.2, -0.15) is 0 Å². The molecular weight excluding hydrogens is 178 g/mol. The lowest BCUT2D eigenvalue weighted by Gasteiger charge is -2.31. The summed E-state index contributed by atoms with van der Waals surface area (Å²) >= 11 is 0. The maximum absolute atomic E-state index is 11.3. The van der Waals surface area contributed by atoms with Crippen LogP contribution in [0.1, 0.15) is 33.1 Å². The first-order valence-electron chi connectivity index (χ1n) is 5.37. The van der Waals surface area contributed by atoms with E-state index in [-0.39, 0.29) is 12.2 Å². The predicted molar refractivity (Wildman–Crippen MR) is 56.1 cm³/mol. The predicted octanol–water partition coefficient (Wildman–Crippen LogP) is 2.51. The number of carbonyl (C=O) groups excluding carboxylic acids is 1. The summed E-state index contributed by atoms with van der Waals surface area (Å²) in [6.07, 6.45) is 3.21. The van der Waals surface area contributed by atoms with Crippen LogP contribution in [0.4, 0.5) is 4.79 Å². The molecule has 1 fully saturated rings. The molecule has 3 heteroatoms. The van der Waals surface area contributed by atoms with Gasteiger partial charge in [-0.05, 0) is 31.1 Å². The molecule has 0 aromatic carbocycles. The molecule has 0 heterocycles. The van der Waals surface area contributed by atoms with Gasteiger partial charge in [0.1, 0.15) is 6.10 Å². The third-order valence-electron chi connectivity index (χ3n) is 2.77. The first-order valence-corrected chi connectivity index (χ1v) is 5.37. The van der Waals surface area contributed by atoms with Crippen molar-refractivity contribution in [2.45, 2.75) is 39.2 Å². The molecular formula is C11H21NO2. The molecule has 1 amide bonds. The van der Waals surface area contributed by atoms with Crippen LogP contribution in [0.25, 0.3) is 0 Å². The van der Waals surface area contributed by atoms with Crippen molar-refractivity contribution in [3.05, 3.63) is 0 Å². The standard InChI is InChI=1S/C11H21NO2/c1-8-5-9(2)7-10(6-8)14-11(13)12(3)4/h8-10H,5-7H2,1-4H3. The van der Waals surface area contributed by atoms with Gasteiger partial charge in [-0.3, -0.25) is 0 Å². The van der Waals surface area contributed by atoms with Crippen molar-refractivity contribution in [3.8, 4) is 0 Å². The smallest absolute Gasteiger partial charge is 0.409 e. The SMILES string of the molecule is CC1CC(C)CC(OC(=O)N(C)C)C1. The van der Waals surface area contributed by atoms with Crippen LogP contribution in [0, 0.1) is 11.8 Å². The second-order valence-electron chi connectivity index (χ2n) is 4.82. The molecule has 0 aliphatic heterocycles. The van der Waals surface area contributed by atoms with Gasteiger partial charge in [0.15, 0.2) is 0 Å². The molecule has 0 bridgehead atoms. The summed E-state index contributed by atoms with van der Waals surface area (Å²) in [6.45, 7) is 4.46. The van der Waals surface area contributed by atoms with E-state index in [1.807, 2.05) is 0 Å². The average Bonchev–Trinajstić information content (AvgIpc) is 2.01. The second-order valence-corrected chi connectivity index (χ2v) is 4.82. The van der Waals surface area contributed by atoms with E-state index < -0.39 is 0 Å². The lowest BCUT2D eigenvalue weighted by Crippen LogP contribution is -2.32. The van der Waals surface area contributed by atoms with Crippen molar-refractivity contribution in [1.82, 2.24) is 4.90 Å². The molecule has 0 radical (unpaired) electrons. The van der Waals surface area contributed by atoms with Crippen molar-refractivity contribution >= 4 is 6.09 Å². The van der Waals surface area contributed by atoms with E-state index in [9.17, 15) is 4.79 Å². The van der Waals surface area contributed by atoms with E-state index in [4.69, 9.17) is 4.74 Å². The molecule has 82 valence electrons. The Balaban J connectivity index is 2.40. The van der Waals surface area contributed by atoms with Crippen LogP contribution in [0.5, 0.6) is 0 Å². The fourth-order valence-electron chi connectivity index (χ4n) is 2.22. The Labute approximate surface area is 86.4 Å². The Hall–Kier alpha value is -0.730. The van der Waals surface area contributed by atoms with E-state index in [1.165, 1.54) is 11.3 Å². The van der Waals surface area contributed by atoms with Gasteiger partial charge in [0, 0.05) is 14.1 Å². The van der Waals surface area contributed by atoms with Gasteiger partial charge < -0.3 is 9.64 Å². The molecule has 3 nitrogen and oxygen atoms in total. The number of carbonyl (C=O) groups is 1. The number of nitrogens with zero attached hydrogens (tertiary/aromatic N) is 1. The summed E-state index contributed by atoms with van der Waals surface area (Å²) in [5.74, 6) is 1.36. The van der Waals surface area contributed by atoms with Crippen LogP contribution in [0.3, 0.4) is 0 Å². The van der Waals surface area contributed by atoms with Crippen LogP contribution in [-0.2, 0) is 4.74 Å². The molecule has 0 aromatic heterocycles. The zero-order valence-corrected chi connectivity index (χ0v) is 9.62. The highest BCUT2D eigenvalue weighted by Crippen LogP contribution is 2.30. The molecule has 2 unspecified atom stereocenters. The first kappa shape index (κ1) is 11.3. The Kier molecular flexibility index (Phi) is 3.78. The summed E-state index contributed by atoms with van der Waals surface area (Å²) in [4.78, 5) is 12.8. The van der Waals surface area contributed by atoms with Crippen LogP contribution in [-0.4, -0.2) is 31.2 Å². The van der Waals surface area contributed by atoms with E-state index in [2.05, 4.69) is 13.8 Å². The van der Waals surface area contributed by atoms with Crippen molar-refractivity contribution in [1.29, 1.82) is 0 Å². The molecule has 1 rings (SSSR count). The summed E-state index contributed by atoms with van der Waals surface area (Å²) in [5, 5.41) is 0. The quantitative estimate of drug-likeness (QED) is 0.649. The van der Waals surface area contributed by atoms with Gasteiger partial charge in [-0.15, -0.1) is 0 Å². The van der Waals surface area contributed by atoms with Gasteiger partial charge in [0.05, 0.1) is 0 Å². The Morgan fingerprint density at radius 1 is 1.14 bits per heavy atom. The van der Waals surface area contributed by atoms with Gasteiger partial charge in [0.25, 0.3) is 0 Å². The first-order chi connectivity index (χ1) is 6.49. The molecule has 1 aliphatic carbocycles. The summed E-state index contributed by atoms with van der Waals surface area (Å²) in [6, 6.07) is 0. The number of ether oxygens (including phenoxy) is 1. The van der Waals surface area contributed by atoms with E-state index in [0.717, 1.165) is 12.8 Å². The fourth-order valence-corrected chi connectivity index (χ4v) is 2.22. The second kappa shape index (κ2) is 4.67. The molecule has 1 saturated carbocycles. The Morgan fingerprint density at radius 2 is 1.64 bits per heavy atom. The maximum Gasteiger partial charge on any atom is 0.409 e. The summed E-state index contributed by atoms with van der Waals surface area (Å²) < 4.78 is 5.38. The highest BCUT2D eigenvalue weighted by Gasteiger charge is 2.26. The minimum Gasteiger partial charge on any atom is -0.446 e. The number of rotatable bonds is 1. The van der Waals surface area contributed by atoms with Gasteiger partial charge in [-0.1, -0.05) is 13.8 Å². The lowest BCUT2D eigenvalue weighted by molar-refractivity contribution is 0.0317. The largest absolute Gasteiger partial charge is 0.446 e. The molecule has 0 aromatic rings. The zero-order valence-electron chi connectivity index (χ0n) is 9.62. The highest BCUT2D eigenvalue weighted by atomic mass is 16.6. The molecule has 0 saturated heterocycles. The minimum absolute atomic E-state index is 0.128. The third kappa shape index (κ3) is 3.20. The van der Waals surface area contributed by atoms with Crippen LogP contribution in [0.15, 0.2) is 0 Å². The molecule has 1 aliphatic rings. The van der Waals surface area contributed by atoms with Crippen LogP contribution < -0.4 is 0 Å². The molecule has 14 heavy (non-hydrogen) atoms. The molecule has 2 atom stereocenters. The lowest BCUT2D eigenvalue weighted by atomic mass is 9.82. The topological polar surface area (TPSA) is 29.5 Å². The summed E-state index contributed by atoms with van der Waals surface area (Å²) in [5.41, 5.74) is 0. The average molecular weight is 199 g/mol. The van der Waals surface area contributed by atoms with E-state index in [1.54, 1.807) is 14.1 Å². The van der Waals surface area contributed by atoms with Crippen molar-refractivity contribution in [2.24, 2.45) is 11.8 Å². The summed E-state index contributed by atoms with van der Waals surface area (Å²) in [7, 11) is 3.44. The van der Waals surface area contributed by atoms with E-state index >= 15 is 0 Å². The number of hydrogen-bond acceptors (Lipinski definition) is 2. The van der Waals surface area contributed by atoms with Gasteiger partial charge in [0.2, 0.25) is 0 Å². The Morgan fingerprint density at radius 3 is 2.07 bits per heavy atom. The number of hydrogen-bond donors (Lipinski definition) is 0.